The summed E-state index contributed by atoms with van der Waals surface area (Å²) < 4.78 is 5.51. The van der Waals surface area contributed by atoms with E-state index in [4.69, 9.17) is 15.7 Å². The summed E-state index contributed by atoms with van der Waals surface area (Å²) in [5, 5.41) is 11.4. The zero-order valence-corrected chi connectivity index (χ0v) is 10.6. The molecule has 16 heavy (non-hydrogen) atoms. The lowest BCUT2D eigenvalue weighted by atomic mass is 10.1. The smallest absolute Gasteiger partial charge is 0.153 e. The fourth-order valence-corrected chi connectivity index (χ4v) is 1.22. The van der Waals surface area contributed by atoms with E-state index in [9.17, 15) is 0 Å². The minimum absolute atomic E-state index is 0.240. The van der Waals surface area contributed by atoms with E-state index in [1.54, 1.807) is 0 Å². The molecule has 5 nitrogen and oxygen atoms in total. The average Bonchev–Trinajstić information content (AvgIpc) is 2.26. The van der Waals surface area contributed by atoms with Crippen molar-refractivity contribution < 1.29 is 9.94 Å². The number of ether oxygens (including phenoxy) is 1. The van der Waals surface area contributed by atoms with Crippen molar-refractivity contribution in [2.45, 2.75) is 27.2 Å². The highest BCUT2D eigenvalue weighted by Crippen LogP contribution is 1.98. The second-order valence-electron chi connectivity index (χ2n) is 4.26. The largest absolute Gasteiger partial charge is 0.409 e. The highest BCUT2D eigenvalue weighted by atomic mass is 16.5. The molecule has 0 rings (SSSR count). The minimum Gasteiger partial charge on any atom is -0.409 e. The van der Waals surface area contributed by atoms with Crippen molar-refractivity contribution in [3.05, 3.63) is 0 Å². The van der Waals surface area contributed by atoms with Crippen LogP contribution in [0.3, 0.4) is 0 Å². The summed E-state index contributed by atoms with van der Waals surface area (Å²) in [6, 6.07) is 0. The quantitative estimate of drug-likeness (QED) is 0.205. The van der Waals surface area contributed by atoms with Crippen LogP contribution in [0.5, 0.6) is 0 Å². The molecule has 96 valence electrons. The molecule has 0 fully saturated rings. The van der Waals surface area contributed by atoms with Crippen molar-refractivity contribution in [2.24, 2.45) is 16.8 Å². The molecule has 0 spiro atoms. The molecule has 0 saturated carbocycles. The van der Waals surface area contributed by atoms with Gasteiger partial charge in [0.25, 0.3) is 0 Å². The SMILES string of the molecule is CCN(CCOCCC(C)C)CC(N)=NO. The van der Waals surface area contributed by atoms with Crippen LogP contribution >= 0.6 is 0 Å². The number of likely N-dealkylation sites (N-methyl/N-ethyl adjacent to an activating group) is 1. The highest BCUT2D eigenvalue weighted by molar-refractivity contribution is 5.81. The van der Waals surface area contributed by atoms with Gasteiger partial charge in [-0.25, -0.2) is 0 Å². The van der Waals surface area contributed by atoms with Gasteiger partial charge in [0.15, 0.2) is 5.84 Å². The first-order valence-corrected chi connectivity index (χ1v) is 5.86. The first kappa shape index (κ1) is 15.2. The summed E-state index contributed by atoms with van der Waals surface area (Å²) in [4.78, 5) is 2.07. The Labute approximate surface area is 98.2 Å². The van der Waals surface area contributed by atoms with Gasteiger partial charge < -0.3 is 15.7 Å². The van der Waals surface area contributed by atoms with E-state index in [1.807, 2.05) is 6.92 Å². The van der Waals surface area contributed by atoms with E-state index in [-0.39, 0.29) is 5.84 Å². The van der Waals surface area contributed by atoms with Gasteiger partial charge in [-0.05, 0) is 18.9 Å². The van der Waals surface area contributed by atoms with Crippen LogP contribution in [0, 0.1) is 5.92 Å². The predicted molar refractivity (Wildman–Crippen MR) is 65.8 cm³/mol. The standard InChI is InChI=1S/C11H25N3O2/c1-4-14(9-11(12)13-15)6-8-16-7-5-10(2)3/h10,15H,4-9H2,1-3H3,(H2,12,13). The maximum absolute atomic E-state index is 8.45. The van der Waals surface area contributed by atoms with Gasteiger partial charge >= 0.3 is 0 Å². The number of nitrogens with zero attached hydrogens (tertiary/aromatic N) is 2. The van der Waals surface area contributed by atoms with E-state index < -0.39 is 0 Å². The number of amidine groups is 1. The Morgan fingerprint density at radius 3 is 2.62 bits per heavy atom. The van der Waals surface area contributed by atoms with Gasteiger partial charge in [0, 0.05) is 13.2 Å². The van der Waals surface area contributed by atoms with Gasteiger partial charge in [0.2, 0.25) is 0 Å². The van der Waals surface area contributed by atoms with E-state index in [2.05, 4.69) is 23.9 Å². The van der Waals surface area contributed by atoms with E-state index in [0.29, 0.717) is 19.1 Å². The second kappa shape index (κ2) is 9.42. The molecule has 0 aromatic rings. The molecule has 0 aliphatic rings. The lowest BCUT2D eigenvalue weighted by molar-refractivity contribution is 0.101. The Bertz CT molecular complexity index is 196. The molecule has 3 N–H and O–H groups in total. The van der Waals surface area contributed by atoms with Gasteiger partial charge in [0.1, 0.15) is 0 Å². The summed E-state index contributed by atoms with van der Waals surface area (Å²) in [7, 11) is 0. The Hall–Kier alpha value is -0.810. The fraction of sp³-hybridized carbons (Fsp3) is 0.909. The molecule has 0 heterocycles. The Kier molecular flexibility index (Phi) is 8.94. The molecule has 5 heteroatoms. The molecule has 0 saturated heterocycles. The van der Waals surface area contributed by atoms with Crippen LogP contribution < -0.4 is 5.73 Å². The number of nitrogens with two attached hydrogens (primary N) is 1. The van der Waals surface area contributed by atoms with Gasteiger partial charge in [-0.2, -0.15) is 0 Å². The number of oxime groups is 1. The molecule has 0 aliphatic heterocycles. The third kappa shape index (κ3) is 8.49. The third-order valence-electron chi connectivity index (χ3n) is 2.35. The van der Waals surface area contributed by atoms with Crippen molar-refractivity contribution in [3.8, 4) is 0 Å². The molecular weight excluding hydrogens is 206 g/mol. The summed E-state index contributed by atoms with van der Waals surface area (Å²) >= 11 is 0. The van der Waals surface area contributed by atoms with Crippen molar-refractivity contribution in [1.82, 2.24) is 4.90 Å². The maximum atomic E-state index is 8.45. The summed E-state index contributed by atoms with van der Waals surface area (Å²) in [6.45, 7) is 10.1. The van der Waals surface area contributed by atoms with Crippen LogP contribution in [0.1, 0.15) is 27.2 Å². The summed E-state index contributed by atoms with van der Waals surface area (Å²) in [5.41, 5.74) is 5.44. The van der Waals surface area contributed by atoms with Crippen LogP contribution in [0.4, 0.5) is 0 Å². The number of rotatable bonds is 9. The topological polar surface area (TPSA) is 71.1 Å². The van der Waals surface area contributed by atoms with E-state index in [0.717, 1.165) is 26.1 Å². The van der Waals surface area contributed by atoms with Crippen LogP contribution in [0.15, 0.2) is 5.16 Å². The molecule has 0 unspecified atom stereocenters. The summed E-state index contributed by atoms with van der Waals surface area (Å²) in [6.07, 6.45) is 1.09. The van der Waals surface area contributed by atoms with Gasteiger partial charge in [-0.15, -0.1) is 0 Å². The lowest BCUT2D eigenvalue weighted by Crippen LogP contribution is -2.36. The second-order valence-corrected chi connectivity index (χ2v) is 4.26. The van der Waals surface area contributed by atoms with Crippen molar-refractivity contribution in [1.29, 1.82) is 0 Å². The Morgan fingerprint density at radius 2 is 2.12 bits per heavy atom. The number of hydrogen-bond acceptors (Lipinski definition) is 4. The maximum Gasteiger partial charge on any atom is 0.153 e. The van der Waals surface area contributed by atoms with Crippen LogP contribution in [-0.4, -0.2) is 48.8 Å². The fourth-order valence-electron chi connectivity index (χ4n) is 1.22. The zero-order valence-electron chi connectivity index (χ0n) is 10.6. The molecule has 0 aromatic carbocycles. The van der Waals surface area contributed by atoms with E-state index >= 15 is 0 Å². The highest BCUT2D eigenvalue weighted by Gasteiger charge is 2.04. The lowest BCUT2D eigenvalue weighted by Gasteiger charge is -2.19. The first-order chi connectivity index (χ1) is 7.60. The molecule has 0 amide bonds. The molecule has 0 aliphatic carbocycles. The Balaban J connectivity index is 3.55. The van der Waals surface area contributed by atoms with Crippen LogP contribution in [0.25, 0.3) is 0 Å². The van der Waals surface area contributed by atoms with E-state index in [1.165, 1.54) is 0 Å². The molecule has 0 atom stereocenters. The molecule has 0 aromatic heterocycles. The van der Waals surface area contributed by atoms with Crippen molar-refractivity contribution in [3.63, 3.8) is 0 Å². The molecule has 0 bridgehead atoms. The summed E-state index contributed by atoms with van der Waals surface area (Å²) in [5.74, 6) is 0.920. The van der Waals surface area contributed by atoms with Crippen LogP contribution in [0.2, 0.25) is 0 Å². The molecular formula is C11H25N3O2. The zero-order chi connectivity index (χ0) is 12.4. The van der Waals surface area contributed by atoms with Gasteiger partial charge in [-0.3, -0.25) is 4.90 Å². The number of hydrogen-bond donors (Lipinski definition) is 2. The van der Waals surface area contributed by atoms with Crippen molar-refractivity contribution >= 4 is 5.84 Å². The first-order valence-electron chi connectivity index (χ1n) is 5.86. The normalized spacial score (nSPS) is 12.7. The van der Waals surface area contributed by atoms with Gasteiger partial charge in [-0.1, -0.05) is 25.9 Å². The average molecular weight is 231 g/mol. The third-order valence-corrected chi connectivity index (χ3v) is 2.35. The van der Waals surface area contributed by atoms with Crippen molar-refractivity contribution in [2.75, 3.05) is 32.8 Å². The molecule has 0 radical (unpaired) electrons. The predicted octanol–water partition coefficient (Wildman–Crippen LogP) is 1.12. The van der Waals surface area contributed by atoms with Crippen LogP contribution in [-0.2, 0) is 4.74 Å². The Morgan fingerprint density at radius 1 is 1.44 bits per heavy atom. The van der Waals surface area contributed by atoms with Gasteiger partial charge in [0.05, 0.1) is 13.2 Å². The minimum atomic E-state index is 0.240. The monoisotopic (exact) mass is 231 g/mol.